The van der Waals surface area contributed by atoms with Gasteiger partial charge in [-0.1, -0.05) is 0 Å². The van der Waals surface area contributed by atoms with Crippen LogP contribution in [-0.2, 0) is 4.79 Å². The molecule has 0 radical (unpaired) electrons. The first-order valence-corrected chi connectivity index (χ1v) is 8.86. The average Bonchev–Trinajstić information content (AvgIpc) is 3.19. The predicted octanol–water partition coefficient (Wildman–Crippen LogP) is 1.67. The molecule has 140 valence electrons. The van der Waals surface area contributed by atoms with Crippen molar-refractivity contribution in [1.82, 2.24) is 29.6 Å². The lowest BCUT2D eigenvalue weighted by Crippen LogP contribution is -2.26. The summed E-state index contributed by atoms with van der Waals surface area (Å²) in [7, 11) is 0. The largest absolute Gasteiger partial charge is 0.341 e. The molecule has 27 heavy (non-hydrogen) atoms. The molecule has 3 aromatic rings. The standard InChI is InChI=1S/C18H21N7O2/c1-10-6-17(21-11(2)20-10)22-16-7-15-14(8-19-16)18(27)23-25(15)13-4-5-24(9-13)12(3)26/h6-8,13H,4-5,9H2,1-3H3,(H,23,27)(H,19,20,21,22). The number of carbonyl (C=O) groups is 1. The molecule has 1 atom stereocenters. The van der Waals surface area contributed by atoms with Crippen LogP contribution in [0.2, 0.25) is 0 Å². The molecule has 3 aromatic heterocycles. The van der Waals surface area contributed by atoms with Crippen molar-refractivity contribution in [3.05, 3.63) is 40.2 Å². The monoisotopic (exact) mass is 367 g/mol. The first-order valence-electron chi connectivity index (χ1n) is 8.86. The Hall–Kier alpha value is -3.23. The van der Waals surface area contributed by atoms with Crippen LogP contribution in [0.25, 0.3) is 10.9 Å². The molecule has 1 unspecified atom stereocenters. The third kappa shape index (κ3) is 3.27. The van der Waals surface area contributed by atoms with Crippen LogP contribution in [0.4, 0.5) is 11.6 Å². The SMILES string of the molecule is CC(=O)N1CCC(n2[nH]c(=O)c3cnc(Nc4cc(C)nc(C)n4)cc32)C1. The van der Waals surface area contributed by atoms with E-state index < -0.39 is 0 Å². The Morgan fingerprint density at radius 2 is 2.07 bits per heavy atom. The van der Waals surface area contributed by atoms with Gasteiger partial charge >= 0.3 is 0 Å². The molecule has 1 saturated heterocycles. The van der Waals surface area contributed by atoms with Crippen molar-refractivity contribution in [2.45, 2.75) is 33.2 Å². The maximum absolute atomic E-state index is 12.3. The van der Waals surface area contributed by atoms with Gasteiger partial charge in [0.15, 0.2) is 0 Å². The summed E-state index contributed by atoms with van der Waals surface area (Å²) in [5, 5.41) is 6.59. The summed E-state index contributed by atoms with van der Waals surface area (Å²) in [6, 6.07) is 3.71. The van der Waals surface area contributed by atoms with Crippen molar-refractivity contribution in [3.8, 4) is 0 Å². The summed E-state index contributed by atoms with van der Waals surface area (Å²) in [4.78, 5) is 38.7. The lowest BCUT2D eigenvalue weighted by Gasteiger charge is -2.15. The number of hydrogen-bond donors (Lipinski definition) is 2. The number of aryl methyl sites for hydroxylation is 2. The Morgan fingerprint density at radius 3 is 2.78 bits per heavy atom. The molecule has 9 heteroatoms. The molecular weight excluding hydrogens is 346 g/mol. The van der Waals surface area contributed by atoms with E-state index in [1.807, 2.05) is 30.7 Å². The first-order chi connectivity index (χ1) is 12.9. The van der Waals surface area contributed by atoms with E-state index in [0.717, 1.165) is 17.6 Å². The van der Waals surface area contributed by atoms with Crippen molar-refractivity contribution in [3.63, 3.8) is 0 Å². The summed E-state index contributed by atoms with van der Waals surface area (Å²) in [5.41, 5.74) is 1.44. The Bertz CT molecular complexity index is 1060. The predicted molar refractivity (Wildman–Crippen MR) is 101 cm³/mol. The van der Waals surface area contributed by atoms with Crippen LogP contribution in [0.1, 0.15) is 30.9 Å². The molecular formula is C18H21N7O2. The number of anilines is 2. The molecule has 0 saturated carbocycles. The van der Waals surface area contributed by atoms with Crippen molar-refractivity contribution in [1.29, 1.82) is 0 Å². The molecule has 1 aliphatic heterocycles. The Balaban J connectivity index is 1.69. The number of nitrogens with zero attached hydrogens (tertiary/aromatic N) is 5. The highest BCUT2D eigenvalue weighted by atomic mass is 16.2. The number of hydrogen-bond acceptors (Lipinski definition) is 6. The number of rotatable bonds is 3. The van der Waals surface area contributed by atoms with Crippen LogP contribution in [0, 0.1) is 13.8 Å². The number of nitrogens with one attached hydrogen (secondary N) is 2. The summed E-state index contributed by atoms with van der Waals surface area (Å²) >= 11 is 0. The van der Waals surface area contributed by atoms with Gasteiger partial charge in [-0.2, -0.15) is 0 Å². The highest BCUT2D eigenvalue weighted by Gasteiger charge is 2.27. The van der Waals surface area contributed by atoms with Gasteiger partial charge in [-0.3, -0.25) is 19.4 Å². The van der Waals surface area contributed by atoms with E-state index in [4.69, 9.17) is 0 Å². The summed E-state index contributed by atoms with van der Waals surface area (Å²) in [6.45, 7) is 6.58. The summed E-state index contributed by atoms with van der Waals surface area (Å²) in [6.07, 6.45) is 2.36. The van der Waals surface area contributed by atoms with Crippen LogP contribution in [0.3, 0.4) is 0 Å². The second-order valence-corrected chi connectivity index (χ2v) is 6.87. The molecule has 0 spiro atoms. The molecule has 4 heterocycles. The van der Waals surface area contributed by atoms with Crippen LogP contribution < -0.4 is 10.9 Å². The Labute approximate surface area is 155 Å². The third-order valence-corrected chi connectivity index (χ3v) is 4.80. The van der Waals surface area contributed by atoms with Crippen LogP contribution >= 0.6 is 0 Å². The molecule has 1 aliphatic rings. The minimum Gasteiger partial charge on any atom is -0.341 e. The molecule has 0 aromatic carbocycles. The van der Waals surface area contributed by atoms with E-state index in [9.17, 15) is 9.59 Å². The second kappa shape index (κ2) is 6.49. The van der Waals surface area contributed by atoms with Crippen molar-refractivity contribution in [2.75, 3.05) is 18.4 Å². The van der Waals surface area contributed by atoms with Crippen LogP contribution in [-0.4, -0.2) is 48.6 Å². The molecule has 4 rings (SSSR count). The zero-order valence-corrected chi connectivity index (χ0v) is 15.5. The fraction of sp³-hybridized carbons (Fsp3) is 0.389. The summed E-state index contributed by atoms with van der Waals surface area (Å²) in [5.74, 6) is 1.97. The van der Waals surface area contributed by atoms with E-state index in [1.165, 1.54) is 0 Å². The van der Waals surface area contributed by atoms with Gasteiger partial charge < -0.3 is 10.2 Å². The quantitative estimate of drug-likeness (QED) is 0.729. The van der Waals surface area contributed by atoms with Gasteiger partial charge in [0, 0.05) is 44.0 Å². The Morgan fingerprint density at radius 1 is 1.26 bits per heavy atom. The molecule has 1 amide bonds. The third-order valence-electron chi connectivity index (χ3n) is 4.80. The fourth-order valence-corrected chi connectivity index (χ4v) is 3.56. The molecule has 9 nitrogen and oxygen atoms in total. The summed E-state index contributed by atoms with van der Waals surface area (Å²) < 4.78 is 1.85. The highest BCUT2D eigenvalue weighted by molar-refractivity contribution is 5.81. The first kappa shape index (κ1) is 17.2. The number of carbonyl (C=O) groups excluding carboxylic acids is 1. The number of H-pyrrole nitrogens is 1. The smallest absolute Gasteiger partial charge is 0.273 e. The van der Waals surface area contributed by atoms with Crippen molar-refractivity contribution < 1.29 is 4.79 Å². The fourth-order valence-electron chi connectivity index (χ4n) is 3.56. The van der Waals surface area contributed by atoms with Crippen LogP contribution in [0.5, 0.6) is 0 Å². The number of aromatic nitrogens is 5. The van der Waals surface area contributed by atoms with Gasteiger partial charge in [0.1, 0.15) is 17.5 Å². The lowest BCUT2D eigenvalue weighted by molar-refractivity contribution is -0.127. The molecule has 0 aliphatic carbocycles. The van der Waals surface area contributed by atoms with Gasteiger partial charge in [-0.25, -0.2) is 15.0 Å². The maximum atomic E-state index is 12.3. The van der Waals surface area contributed by atoms with Gasteiger partial charge in [0.05, 0.1) is 16.9 Å². The van der Waals surface area contributed by atoms with E-state index in [2.05, 4.69) is 25.4 Å². The number of pyridine rings is 1. The topological polar surface area (TPSA) is 109 Å². The highest BCUT2D eigenvalue weighted by Crippen LogP contribution is 2.25. The van der Waals surface area contributed by atoms with E-state index in [0.29, 0.717) is 35.9 Å². The minimum atomic E-state index is -0.181. The second-order valence-electron chi connectivity index (χ2n) is 6.87. The number of amides is 1. The molecule has 2 N–H and O–H groups in total. The molecule has 0 bridgehead atoms. The van der Waals surface area contributed by atoms with Crippen LogP contribution in [0.15, 0.2) is 23.1 Å². The van der Waals surface area contributed by atoms with E-state index in [1.54, 1.807) is 18.0 Å². The maximum Gasteiger partial charge on any atom is 0.273 e. The zero-order valence-electron chi connectivity index (χ0n) is 15.5. The normalized spacial score (nSPS) is 16.9. The lowest BCUT2D eigenvalue weighted by atomic mass is 10.2. The Kier molecular flexibility index (Phi) is 4.14. The molecule has 1 fully saturated rings. The number of aromatic amines is 1. The van der Waals surface area contributed by atoms with Gasteiger partial charge in [0.2, 0.25) is 5.91 Å². The van der Waals surface area contributed by atoms with Gasteiger partial charge in [-0.15, -0.1) is 0 Å². The number of fused-ring (bicyclic) bond motifs is 1. The van der Waals surface area contributed by atoms with Crippen molar-refractivity contribution in [2.24, 2.45) is 0 Å². The zero-order chi connectivity index (χ0) is 19.1. The van der Waals surface area contributed by atoms with Gasteiger partial charge in [-0.05, 0) is 20.3 Å². The average molecular weight is 367 g/mol. The van der Waals surface area contributed by atoms with E-state index in [-0.39, 0.29) is 17.5 Å². The van der Waals surface area contributed by atoms with Crippen molar-refractivity contribution >= 4 is 28.4 Å². The van der Waals surface area contributed by atoms with Gasteiger partial charge in [0.25, 0.3) is 5.56 Å². The van der Waals surface area contributed by atoms with E-state index >= 15 is 0 Å². The minimum absolute atomic E-state index is 0.0397. The number of likely N-dealkylation sites (tertiary alicyclic amines) is 1.